The number of nitrogens with zero attached hydrogens (tertiary/aromatic N) is 2. The van der Waals surface area contributed by atoms with Crippen molar-refractivity contribution in [1.29, 1.82) is 0 Å². The van der Waals surface area contributed by atoms with Gasteiger partial charge in [0, 0.05) is 17.9 Å². The molecule has 0 unspecified atom stereocenters. The van der Waals surface area contributed by atoms with E-state index >= 15 is 0 Å². The van der Waals surface area contributed by atoms with Crippen LogP contribution in [0, 0.1) is 0 Å². The van der Waals surface area contributed by atoms with Gasteiger partial charge in [-0.15, -0.1) is 0 Å². The zero-order valence-corrected chi connectivity index (χ0v) is 9.20. The molecule has 1 aromatic heterocycles. The van der Waals surface area contributed by atoms with E-state index in [1.807, 2.05) is 11.7 Å². The average Bonchev–Trinajstić information content (AvgIpc) is 2.03. The topological polar surface area (TPSA) is 16.8 Å². The first-order valence-corrected chi connectivity index (χ1v) is 4.89. The molecule has 2 heteroatoms. The highest BCUT2D eigenvalue weighted by Crippen LogP contribution is 2.12. The molecule has 1 rings (SSSR count). The maximum atomic E-state index is 4.51. The normalized spacial score (nSPS) is 11.3. The summed E-state index contributed by atoms with van der Waals surface area (Å²) >= 11 is 0. The Morgan fingerprint density at radius 1 is 1.08 bits per heavy atom. The molecule has 0 saturated carbocycles. The van der Waals surface area contributed by atoms with Crippen LogP contribution in [0.3, 0.4) is 0 Å². The predicted molar refractivity (Wildman–Crippen MR) is 53.6 cm³/mol. The standard InChI is InChI=1S/C11H19N2/c1-8(2)10-6-7-11(9(3)4)13(5)12-10/h6-9H,1-5H3/q+1. The summed E-state index contributed by atoms with van der Waals surface area (Å²) in [7, 11) is 2.02. The molecular formula is C11H19N2+. The molecule has 0 bridgehead atoms. The second kappa shape index (κ2) is 3.86. The van der Waals surface area contributed by atoms with Gasteiger partial charge in [-0.05, 0) is 11.2 Å². The molecule has 0 fully saturated rings. The van der Waals surface area contributed by atoms with Crippen LogP contribution in [-0.2, 0) is 7.05 Å². The molecule has 0 atom stereocenters. The molecule has 2 nitrogen and oxygen atoms in total. The summed E-state index contributed by atoms with van der Waals surface area (Å²) in [5, 5.41) is 4.51. The van der Waals surface area contributed by atoms with Crippen LogP contribution < -0.4 is 4.68 Å². The molecule has 0 aliphatic heterocycles. The van der Waals surface area contributed by atoms with Crippen molar-refractivity contribution in [2.45, 2.75) is 39.5 Å². The highest BCUT2D eigenvalue weighted by Gasteiger charge is 2.14. The summed E-state index contributed by atoms with van der Waals surface area (Å²) in [5.74, 6) is 1.05. The van der Waals surface area contributed by atoms with Crippen LogP contribution in [0.1, 0.15) is 50.9 Å². The molecule has 0 amide bonds. The fourth-order valence-corrected chi connectivity index (χ4v) is 1.42. The van der Waals surface area contributed by atoms with E-state index in [0.29, 0.717) is 11.8 Å². The molecule has 0 aliphatic carbocycles. The molecule has 0 spiro atoms. The third kappa shape index (κ3) is 2.27. The van der Waals surface area contributed by atoms with Gasteiger partial charge >= 0.3 is 0 Å². The lowest BCUT2D eigenvalue weighted by Gasteiger charge is -2.04. The Balaban J connectivity index is 3.06. The predicted octanol–water partition coefficient (Wildman–Crippen LogP) is 2.15. The second-order valence-electron chi connectivity index (χ2n) is 4.12. The molecule has 1 aromatic rings. The Morgan fingerprint density at radius 3 is 2.08 bits per heavy atom. The Bertz CT molecular complexity index is 290. The van der Waals surface area contributed by atoms with Gasteiger partial charge in [0.2, 0.25) is 5.69 Å². The summed E-state index contributed by atoms with van der Waals surface area (Å²) < 4.78 is 1.99. The van der Waals surface area contributed by atoms with E-state index in [1.165, 1.54) is 5.69 Å². The first kappa shape index (κ1) is 10.2. The van der Waals surface area contributed by atoms with Crippen molar-refractivity contribution in [3.05, 3.63) is 23.5 Å². The molecular weight excluding hydrogens is 160 g/mol. The summed E-state index contributed by atoms with van der Waals surface area (Å²) in [6.45, 7) is 8.70. The first-order chi connectivity index (χ1) is 6.02. The van der Waals surface area contributed by atoms with Gasteiger partial charge in [-0.3, -0.25) is 0 Å². The van der Waals surface area contributed by atoms with E-state index in [4.69, 9.17) is 0 Å². The quantitative estimate of drug-likeness (QED) is 0.636. The molecule has 0 saturated heterocycles. The van der Waals surface area contributed by atoms with Crippen LogP contribution >= 0.6 is 0 Å². The zero-order valence-electron chi connectivity index (χ0n) is 9.20. The van der Waals surface area contributed by atoms with Crippen LogP contribution in [-0.4, -0.2) is 5.10 Å². The van der Waals surface area contributed by atoms with Crippen molar-refractivity contribution in [2.75, 3.05) is 0 Å². The van der Waals surface area contributed by atoms with E-state index in [2.05, 4.69) is 44.9 Å². The number of hydrogen-bond donors (Lipinski definition) is 0. The molecule has 72 valence electrons. The SMILES string of the molecule is CC(C)c1ccc(C(C)C)[n+](C)n1. The molecule has 0 radical (unpaired) electrons. The van der Waals surface area contributed by atoms with Crippen molar-refractivity contribution in [2.24, 2.45) is 7.05 Å². The fraction of sp³-hybridized carbons (Fsp3) is 0.636. The second-order valence-corrected chi connectivity index (χ2v) is 4.12. The van der Waals surface area contributed by atoms with Gasteiger partial charge in [0.25, 0.3) is 0 Å². The maximum Gasteiger partial charge on any atom is 0.210 e. The fourth-order valence-electron chi connectivity index (χ4n) is 1.42. The zero-order chi connectivity index (χ0) is 10.0. The lowest BCUT2D eigenvalue weighted by atomic mass is 10.1. The van der Waals surface area contributed by atoms with Crippen molar-refractivity contribution < 1.29 is 4.68 Å². The van der Waals surface area contributed by atoms with Gasteiger partial charge in [-0.1, -0.05) is 32.4 Å². The smallest absolute Gasteiger partial charge is 0.0907 e. The summed E-state index contributed by atoms with van der Waals surface area (Å²) in [5.41, 5.74) is 2.44. The van der Waals surface area contributed by atoms with E-state index in [9.17, 15) is 0 Å². The minimum Gasteiger partial charge on any atom is -0.0907 e. The Hall–Kier alpha value is -0.920. The van der Waals surface area contributed by atoms with Crippen LogP contribution in [0.15, 0.2) is 12.1 Å². The van der Waals surface area contributed by atoms with Gasteiger partial charge < -0.3 is 0 Å². The summed E-state index contributed by atoms with van der Waals surface area (Å²) in [6.07, 6.45) is 0. The molecule has 13 heavy (non-hydrogen) atoms. The Kier molecular flexibility index (Phi) is 3.02. The van der Waals surface area contributed by atoms with E-state index in [-0.39, 0.29) is 0 Å². The number of aromatic nitrogens is 2. The molecule has 0 N–H and O–H groups in total. The maximum absolute atomic E-state index is 4.51. The summed E-state index contributed by atoms with van der Waals surface area (Å²) in [4.78, 5) is 0. The van der Waals surface area contributed by atoms with Gasteiger partial charge in [-0.2, -0.15) is 0 Å². The summed E-state index contributed by atoms with van der Waals surface area (Å²) in [6, 6.07) is 4.30. The van der Waals surface area contributed by atoms with Crippen molar-refractivity contribution in [1.82, 2.24) is 5.10 Å². The van der Waals surface area contributed by atoms with Crippen LogP contribution in [0.5, 0.6) is 0 Å². The van der Waals surface area contributed by atoms with Gasteiger partial charge in [0.05, 0.1) is 0 Å². The molecule has 0 aromatic carbocycles. The monoisotopic (exact) mass is 179 g/mol. The lowest BCUT2D eigenvalue weighted by molar-refractivity contribution is -0.739. The number of aryl methyl sites for hydroxylation is 1. The van der Waals surface area contributed by atoms with Crippen molar-refractivity contribution in [3.63, 3.8) is 0 Å². The number of hydrogen-bond acceptors (Lipinski definition) is 1. The first-order valence-electron chi connectivity index (χ1n) is 4.89. The van der Waals surface area contributed by atoms with Crippen LogP contribution in [0.25, 0.3) is 0 Å². The lowest BCUT2D eigenvalue weighted by Crippen LogP contribution is -2.39. The van der Waals surface area contributed by atoms with Crippen molar-refractivity contribution in [3.8, 4) is 0 Å². The Labute approximate surface area is 80.6 Å². The van der Waals surface area contributed by atoms with Gasteiger partial charge in [-0.25, -0.2) is 0 Å². The minimum absolute atomic E-state index is 0.507. The highest BCUT2D eigenvalue weighted by atomic mass is 15.3. The third-order valence-corrected chi connectivity index (χ3v) is 2.25. The van der Waals surface area contributed by atoms with E-state index in [0.717, 1.165) is 5.69 Å². The van der Waals surface area contributed by atoms with E-state index in [1.54, 1.807) is 0 Å². The highest BCUT2D eigenvalue weighted by molar-refractivity contribution is 5.08. The van der Waals surface area contributed by atoms with Crippen LogP contribution in [0.4, 0.5) is 0 Å². The third-order valence-electron chi connectivity index (χ3n) is 2.25. The average molecular weight is 179 g/mol. The number of rotatable bonds is 2. The van der Waals surface area contributed by atoms with Crippen LogP contribution in [0.2, 0.25) is 0 Å². The molecule has 0 aliphatic rings. The van der Waals surface area contributed by atoms with Crippen molar-refractivity contribution >= 4 is 0 Å². The minimum atomic E-state index is 0.507. The van der Waals surface area contributed by atoms with E-state index < -0.39 is 0 Å². The van der Waals surface area contributed by atoms with Gasteiger partial charge in [0.1, 0.15) is 5.69 Å². The molecule has 1 heterocycles. The van der Waals surface area contributed by atoms with Gasteiger partial charge in [0.15, 0.2) is 7.05 Å². The Morgan fingerprint density at radius 2 is 1.69 bits per heavy atom. The largest absolute Gasteiger partial charge is 0.210 e.